The summed E-state index contributed by atoms with van der Waals surface area (Å²) in [6.07, 6.45) is 0. The highest BCUT2D eigenvalue weighted by Crippen LogP contribution is 2.43. The lowest BCUT2D eigenvalue weighted by atomic mass is 10.2. The van der Waals surface area contributed by atoms with Crippen LogP contribution in [0.1, 0.15) is 19.5 Å². The number of methoxy groups -OCH3 is 1. The molecule has 3 rings (SSSR count). The van der Waals surface area contributed by atoms with Gasteiger partial charge < -0.3 is 9.72 Å². The number of sulfonamides is 1. The van der Waals surface area contributed by atoms with E-state index in [1.54, 1.807) is 19.2 Å². The minimum absolute atomic E-state index is 0.285. The number of hydrogen-bond acceptors (Lipinski definition) is 4. The van der Waals surface area contributed by atoms with Crippen molar-refractivity contribution >= 4 is 44.3 Å². The lowest BCUT2D eigenvalue weighted by Gasteiger charge is -2.20. The fraction of sp³-hybridized carbons (Fsp3) is 0.300. The number of benzene rings is 2. The largest absolute Gasteiger partial charge is 0.495 e. The molecule has 0 aliphatic rings. The van der Waals surface area contributed by atoms with Crippen molar-refractivity contribution in [1.82, 2.24) is 9.29 Å². The van der Waals surface area contributed by atoms with Gasteiger partial charge in [-0.1, -0.05) is 37.2 Å². The monoisotopic (exact) mass is 438 g/mol. The summed E-state index contributed by atoms with van der Waals surface area (Å²) in [6, 6.07) is 10.8. The first-order chi connectivity index (χ1) is 13.3. The molecule has 0 amide bonds. The molecule has 1 aromatic heterocycles. The van der Waals surface area contributed by atoms with Gasteiger partial charge in [0.1, 0.15) is 5.75 Å². The van der Waals surface area contributed by atoms with E-state index in [1.807, 2.05) is 45.0 Å². The second kappa shape index (κ2) is 8.37. The zero-order chi connectivity index (χ0) is 20.5. The zero-order valence-electron chi connectivity index (χ0n) is 16.2. The molecule has 1 heterocycles. The van der Waals surface area contributed by atoms with E-state index in [1.165, 1.54) is 16.1 Å². The molecule has 150 valence electrons. The number of fused-ring (bicyclic) bond motifs is 1. The van der Waals surface area contributed by atoms with Crippen molar-refractivity contribution in [3.05, 3.63) is 47.1 Å². The van der Waals surface area contributed by atoms with Gasteiger partial charge >= 0.3 is 0 Å². The Balaban J connectivity index is 2.27. The number of H-pyrrole nitrogens is 1. The van der Waals surface area contributed by atoms with Crippen LogP contribution < -0.4 is 4.74 Å². The van der Waals surface area contributed by atoms with Crippen LogP contribution in [0.3, 0.4) is 0 Å². The van der Waals surface area contributed by atoms with Crippen molar-refractivity contribution in [2.24, 2.45) is 0 Å². The summed E-state index contributed by atoms with van der Waals surface area (Å²) in [7, 11) is -2.06. The first kappa shape index (κ1) is 21.0. The minimum Gasteiger partial charge on any atom is -0.495 e. The van der Waals surface area contributed by atoms with Crippen LogP contribution in [0.25, 0.3) is 10.9 Å². The molecular weight excluding hydrogens is 416 g/mol. The van der Waals surface area contributed by atoms with Crippen molar-refractivity contribution in [3.63, 3.8) is 0 Å². The van der Waals surface area contributed by atoms with E-state index >= 15 is 0 Å². The third kappa shape index (κ3) is 3.76. The van der Waals surface area contributed by atoms with Gasteiger partial charge in [0.15, 0.2) is 0 Å². The topological polar surface area (TPSA) is 62.4 Å². The Morgan fingerprint density at radius 3 is 2.32 bits per heavy atom. The third-order valence-electron chi connectivity index (χ3n) is 4.59. The first-order valence-electron chi connectivity index (χ1n) is 8.96. The molecule has 0 saturated carbocycles. The van der Waals surface area contributed by atoms with Crippen molar-refractivity contribution in [2.45, 2.75) is 35.5 Å². The fourth-order valence-corrected chi connectivity index (χ4v) is 6.06. The van der Waals surface area contributed by atoms with Crippen LogP contribution in [-0.2, 0) is 10.0 Å². The number of aromatic nitrogens is 1. The Hall–Kier alpha value is -1.67. The third-order valence-corrected chi connectivity index (χ3v) is 8.15. The van der Waals surface area contributed by atoms with Gasteiger partial charge in [-0.2, -0.15) is 4.31 Å². The second-order valence-corrected chi connectivity index (χ2v) is 9.67. The number of nitrogens with one attached hydrogen (secondary N) is 1. The van der Waals surface area contributed by atoms with E-state index in [9.17, 15) is 8.42 Å². The molecule has 0 fully saturated rings. The zero-order valence-corrected chi connectivity index (χ0v) is 18.6. The standard InChI is InChI=1S/C20H23ClN2O3S2/c1-5-23(6-2)28(24,25)17-12-11-16(26-4)19-18(17)20(13(3)22-19)27-15-9-7-14(21)8-10-15/h7-12,22H,5-6H2,1-4H3. The summed E-state index contributed by atoms with van der Waals surface area (Å²) in [6.45, 7) is 6.44. The maximum atomic E-state index is 13.3. The number of rotatable bonds is 7. The number of nitrogens with zero attached hydrogens (tertiary/aromatic N) is 1. The molecule has 28 heavy (non-hydrogen) atoms. The van der Waals surface area contributed by atoms with Crippen molar-refractivity contribution in [2.75, 3.05) is 20.2 Å². The predicted octanol–water partition coefficient (Wildman–Crippen LogP) is 5.32. The van der Waals surface area contributed by atoms with E-state index in [0.29, 0.717) is 34.8 Å². The molecule has 0 atom stereocenters. The lowest BCUT2D eigenvalue weighted by Crippen LogP contribution is -2.30. The first-order valence-corrected chi connectivity index (χ1v) is 11.6. The maximum Gasteiger partial charge on any atom is 0.243 e. The maximum absolute atomic E-state index is 13.3. The molecule has 1 N–H and O–H groups in total. The van der Waals surface area contributed by atoms with E-state index in [0.717, 1.165) is 15.5 Å². The van der Waals surface area contributed by atoms with Crippen LogP contribution in [0, 0.1) is 6.92 Å². The van der Waals surface area contributed by atoms with Gasteiger partial charge in [-0.05, 0) is 43.3 Å². The fourth-order valence-electron chi connectivity index (χ4n) is 3.18. The molecule has 0 radical (unpaired) electrons. The Morgan fingerprint density at radius 2 is 1.75 bits per heavy atom. The van der Waals surface area contributed by atoms with Gasteiger partial charge in [-0.15, -0.1) is 0 Å². The molecule has 8 heteroatoms. The minimum atomic E-state index is -3.64. The molecule has 0 aliphatic carbocycles. The van der Waals surface area contributed by atoms with Gasteiger partial charge in [-0.3, -0.25) is 0 Å². The van der Waals surface area contributed by atoms with E-state index in [-0.39, 0.29) is 4.90 Å². The van der Waals surface area contributed by atoms with Crippen LogP contribution in [0.2, 0.25) is 5.02 Å². The Kier molecular flexibility index (Phi) is 6.29. The summed E-state index contributed by atoms with van der Waals surface area (Å²) in [5.74, 6) is 0.611. The van der Waals surface area contributed by atoms with E-state index < -0.39 is 10.0 Å². The van der Waals surface area contributed by atoms with Crippen LogP contribution in [0.5, 0.6) is 5.75 Å². The van der Waals surface area contributed by atoms with Gasteiger partial charge in [0.05, 0.1) is 17.5 Å². The molecule has 0 unspecified atom stereocenters. The molecule has 0 saturated heterocycles. The number of aromatic amines is 1. The number of ether oxygens (including phenoxy) is 1. The summed E-state index contributed by atoms with van der Waals surface area (Å²) < 4.78 is 33.6. The van der Waals surface area contributed by atoms with E-state index in [4.69, 9.17) is 16.3 Å². The molecular formula is C20H23ClN2O3S2. The van der Waals surface area contributed by atoms with Crippen LogP contribution >= 0.6 is 23.4 Å². The second-order valence-electron chi connectivity index (χ2n) is 6.24. The van der Waals surface area contributed by atoms with Crippen molar-refractivity contribution in [1.29, 1.82) is 0 Å². The SMILES string of the molecule is CCN(CC)S(=O)(=O)c1ccc(OC)c2[nH]c(C)c(Sc3ccc(Cl)cc3)c12. The highest BCUT2D eigenvalue weighted by molar-refractivity contribution is 7.99. The highest BCUT2D eigenvalue weighted by Gasteiger charge is 2.28. The number of aryl methyl sites for hydroxylation is 1. The molecule has 3 aromatic rings. The Morgan fingerprint density at radius 1 is 1.11 bits per heavy atom. The van der Waals surface area contributed by atoms with Gasteiger partial charge in [0, 0.05) is 39.0 Å². The van der Waals surface area contributed by atoms with Crippen LogP contribution in [-0.4, -0.2) is 37.9 Å². The molecule has 0 spiro atoms. The summed E-state index contributed by atoms with van der Waals surface area (Å²) in [4.78, 5) is 5.43. The molecule has 0 bridgehead atoms. The van der Waals surface area contributed by atoms with E-state index in [2.05, 4.69) is 4.98 Å². The Labute approximate surface area is 175 Å². The van der Waals surface area contributed by atoms with Crippen molar-refractivity contribution < 1.29 is 13.2 Å². The van der Waals surface area contributed by atoms with Crippen LogP contribution in [0.4, 0.5) is 0 Å². The molecule has 0 aliphatic heterocycles. The predicted molar refractivity (Wildman–Crippen MR) is 115 cm³/mol. The van der Waals surface area contributed by atoms with Gasteiger partial charge in [0.25, 0.3) is 0 Å². The van der Waals surface area contributed by atoms with Gasteiger partial charge in [-0.25, -0.2) is 8.42 Å². The smallest absolute Gasteiger partial charge is 0.243 e. The van der Waals surface area contributed by atoms with Crippen LogP contribution in [0.15, 0.2) is 51.1 Å². The lowest BCUT2D eigenvalue weighted by molar-refractivity contribution is 0.418. The average Bonchev–Trinajstić information content (AvgIpc) is 2.99. The van der Waals surface area contributed by atoms with Crippen molar-refractivity contribution in [3.8, 4) is 5.75 Å². The quantitative estimate of drug-likeness (QED) is 0.542. The highest BCUT2D eigenvalue weighted by atomic mass is 35.5. The summed E-state index contributed by atoms with van der Waals surface area (Å²) in [5.41, 5.74) is 1.57. The average molecular weight is 439 g/mol. The Bertz CT molecular complexity index is 1090. The normalized spacial score (nSPS) is 12.1. The molecule has 2 aromatic carbocycles. The summed E-state index contributed by atoms with van der Waals surface area (Å²) in [5, 5.41) is 1.31. The molecule has 5 nitrogen and oxygen atoms in total. The number of hydrogen-bond donors (Lipinski definition) is 1. The summed E-state index contributed by atoms with van der Waals surface area (Å²) >= 11 is 7.50. The van der Waals surface area contributed by atoms with Gasteiger partial charge in [0.2, 0.25) is 10.0 Å². The number of halogens is 1.